The van der Waals surface area contributed by atoms with Crippen LogP contribution in [0.1, 0.15) is 6.42 Å². The fourth-order valence-corrected chi connectivity index (χ4v) is 0.653. The van der Waals surface area contributed by atoms with Crippen molar-refractivity contribution in [2.24, 2.45) is 5.73 Å². The van der Waals surface area contributed by atoms with E-state index in [1.54, 1.807) is 0 Å². The lowest BCUT2D eigenvalue weighted by atomic mass is 10.4. The van der Waals surface area contributed by atoms with Crippen LogP contribution in [0.4, 0.5) is 26.3 Å². The number of alkyl halides is 6. The quantitative estimate of drug-likeness (QED) is 0.454. The van der Waals surface area contributed by atoms with Gasteiger partial charge in [0.15, 0.2) is 0 Å². The van der Waals surface area contributed by atoms with Crippen LogP contribution >= 0.6 is 0 Å². The van der Waals surface area contributed by atoms with Crippen LogP contribution in [-0.2, 0) is 4.74 Å². The van der Waals surface area contributed by atoms with E-state index in [0.29, 0.717) is 0 Å². The summed E-state index contributed by atoms with van der Waals surface area (Å²) in [5, 5.41) is 2.99. The normalized spacial score (nSPS) is 27.0. The molecule has 1 fully saturated rings. The maximum Gasteiger partial charge on any atom is 0.458 e. The molecule has 1 aliphatic heterocycles. The van der Waals surface area contributed by atoms with E-state index in [0.717, 1.165) is 19.5 Å². The highest BCUT2D eigenvalue weighted by Gasteiger charge is 2.90. The van der Waals surface area contributed by atoms with Crippen molar-refractivity contribution in [3.63, 3.8) is 0 Å². The van der Waals surface area contributed by atoms with Gasteiger partial charge in [0, 0.05) is 0 Å². The number of ether oxygens (including phenoxy) is 1. The summed E-state index contributed by atoms with van der Waals surface area (Å²) >= 11 is 0. The number of nitrogens with one attached hydrogen (secondary N) is 1. The molecule has 1 heterocycles. The minimum Gasteiger partial charge on any atom is -0.330 e. The van der Waals surface area contributed by atoms with Crippen molar-refractivity contribution in [2.75, 3.05) is 20.1 Å². The molecular weight excluding hydrogens is 242 g/mol. The van der Waals surface area contributed by atoms with Crippen molar-refractivity contribution in [3.8, 4) is 0 Å². The molecule has 0 amide bonds. The Kier molecular flexibility index (Phi) is 5.02. The zero-order chi connectivity index (χ0) is 13.0. The molecule has 1 unspecified atom stereocenters. The average molecular weight is 254 g/mol. The first kappa shape index (κ1) is 15.5. The summed E-state index contributed by atoms with van der Waals surface area (Å²) in [5.74, 6) is -4.75. The van der Waals surface area contributed by atoms with Gasteiger partial charge in [0.1, 0.15) is 0 Å². The molecule has 16 heavy (non-hydrogen) atoms. The second-order valence-electron chi connectivity index (χ2n) is 2.96. The third-order valence-electron chi connectivity index (χ3n) is 1.60. The largest absolute Gasteiger partial charge is 0.458 e. The predicted molar refractivity (Wildman–Crippen MR) is 43.5 cm³/mol. The Balaban J connectivity index is 0.000000325. The van der Waals surface area contributed by atoms with Crippen LogP contribution in [0.2, 0.25) is 0 Å². The zero-order valence-electron chi connectivity index (χ0n) is 8.37. The van der Waals surface area contributed by atoms with E-state index in [1.165, 1.54) is 0 Å². The molecule has 0 saturated carbocycles. The molecule has 3 nitrogen and oxygen atoms in total. The summed E-state index contributed by atoms with van der Waals surface area (Å²) in [7, 11) is 1.93. The molecule has 0 aromatic heterocycles. The highest BCUT2D eigenvalue weighted by atomic mass is 19.4. The summed E-state index contributed by atoms with van der Waals surface area (Å²) < 4.78 is 70.4. The standard InChI is InChI=1S/C4H12N2.C3F6O/c1-6-4-2-3-5;4-1(2(5,6)7)3(8,9)10-1/h6H,2-5H2,1H3;. The number of hydrogen-bond donors (Lipinski definition) is 2. The van der Waals surface area contributed by atoms with Crippen LogP contribution in [0.15, 0.2) is 0 Å². The molecule has 0 aromatic carbocycles. The van der Waals surface area contributed by atoms with Crippen LogP contribution in [0.25, 0.3) is 0 Å². The first-order chi connectivity index (χ1) is 7.12. The van der Waals surface area contributed by atoms with Gasteiger partial charge in [0.25, 0.3) is 0 Å². The average Bonchev–Trinajstić information content (AvgIpc) is 2.64. The Hall–Kier alpha value is -0.540. The minimum atomic E-state index is -5.66. The number of nitrogens with two attached hydrogens (primary N) is 1. The van der Waals surface area contributed by atoms with E-state index in [2.05, 4.69) is 10.1 Å². The highest BCUT2D eigenvalue weighted by Crippen LogP contribution is 2.60. The van der Waals surface area contributed by atoms with Crippen molar-refractivity contribution in [2.45, 2.75) is 24.6 Å². The van der Waals surface area contributed by atoms with Gasteiger partial charge in [0.05, 0.1) is 0 Å². The predicted octanol–water partition coefficient (Wildman–Crippen LogP) is 1.39. The highest BCUT2D eigenvalue weighted by molar-refractivity contribution is 4.99. The second kappa shape index (κ2) is 5.19. The van der Waals surface area contributed by atoms with Gasteiger partial charge in [-0.3, -0.25) is 4.74 Å². The SMILES string of the molecule is CNCCCN.FC(F)(F)C1(F)OC1(F)F. The maximum atomic E-state index is 11.7. The first-order valence-corrected chi connectivity index (χ1v) is 4.30. The van der Waals surface area contributed by atoms with Gasteiger partial charge >= 0.3 is 18.1 Å². The van der Waals surface area contributed by atoms with E-state index in [1.807, 2.05) is 7.05 Å². The summed E-state index contributed by atoms with van der Waals surface area (Å²) in [6, 6.07) is 0. The van der Waals surface area contributed by atoms with Crippen molar-refractivity contribution in [3.05, 3.63) is 0 Å². The van der Waals surface area contributed by atoms with Gasteiger partial charge in [-0.1, -0.05) is 0 Å². The van der Waals surface area contributed by atoms with Crippen molar-refractivity contribution in [1.82, 2.24) is 5.32 Å². The number of rotatable bonds is 3. The van der Waals surface area contributed by atoms with Gasteiger partial charge in [0.2, 0.25) is 0 Å². The molecule has 0 bridgehead atoms. The Morgan fingerprint density at radius 1 is 1.25 bits per heavy atom. The van der Waals surface area contributed by atoms with Gasteiger partial charge in [-0.05, 0) is 26.6 Å². The van der Waals surface area contributed by atoms with Gasteiger partial charge < -0.3 is 11.1 Å². The molecular formula is C7H12F6N2O. The van der Waals surface area contributed by atoms with Crippen molar-refractivity contribution in [1.29, 1.82) is 0 Å². The van der Waals surface area contributed by atoms with Gasteiger partial charge in [-0.25, -0.2) is 0 Å². The fraction of sp³-hybridized carbons (Fsp3) is 1.00. The van der Waals surface area contributed by atoms with Crippen molar-refractivity contribution < 1.29 is 31.1 Å². The molecule has 0 aromatic rings. The third kappa shape index (κ3) is 3.49. The molecule has 9 heteroatoms. The smallest absolute Gasteiger partial charge is 0.330 e. The van der Waals surface area contributed by atoms with Crippen molar-refractivity contribution >= 4 is 0 Å². The third-order valence-corrected chi connectivity index (χ3v) is 1.60. The van der Waals surface area contributed by atoms with E-state index in [4.69, 9.17) is 5.73 Å². The Morgan fingerprint density at radius 3 is 1.75 bits per heavy atom. The monoisotopic (exact) mass is 254 g/mol. The molecule has 1 rings (SSSR count). The topological polar surface area (TPSA) is 50.6 Å². The molecule has 1 aliphatic rings. The fourth-order valence-electron chi connectivity index (χ4n) is 0.653. The molecule has 98 valence electrons. The van der Waals surface area contributed by atoms with E-state index in [-0.39, 0.29) is 0 Å². The van der Waals surface area contributed by atoms with Crippen LogP contribution in [0, 0.1) is 0 Å². The van der Waals surface area contributed by atoms with Gasteiger partial charge in [-0.2, -0.15) is 26.3 Å². The maximum absolute atomic E-state index is 11.7. The summed E-state index contributed by atoms with van der Waals surface area (Å²) in [4.78, 5) is 0. The molecule has 0 aliphatic carbocycles. The summed E-state index contributed by atoms with van der Waals surface area (Å²) in [5.41, 5.74) is 5.17. The molecule has 1 atom stereocenters. The lowest BCUT2D eigenvalue weighted by molar-refractivity contribution is -0.231. The van der Waals surface area contributed by atoms with E-state index in [9.17, 15) is 26.3 Å². The lowest BCUT2D eigenvalue weighted by Crippen LogP contribution is -2.32. The summed E-state index contributed by atoms with van der Waals surface area (Å²) in [6.07, 6.45) is -9.28. The minimum absolute atomic E-state index is 0.792. The molecule has 3 N–H and O–H groups in total. The Morgan fingerprint density at radius 2 is 1.69 bits per heavy atom. The summed E-state index contributed by atoms with van der Waals surface area (Å²) in [6.45, 7) is 1.83. The molecule has 0 radical (unpaired) electrons. The number of epoxide rings is 1. The lowest BCUT2D eigenvalue weighted by Gasteiger charge is -2.04. The Bertz CT molecular complexity index is 217. The number of halogens is 6. The van der Waals surface area contributed by atoms with Gasteiger partial charge in [-0.15, -0.1) is 0 Å². The molecule has 1 saturated heterocycles. The Labute approximate surface area is 87.9 Å². The first-order valence-electron chi connectivity index (χ1n) is 4.30. The second-order valence-corrected chi connectivity index (χ2v) is 2.96. The van der Waals surface area contributed by atoms with E-state index >= 15 is 0 Å². The van der Waals surface area contributed by atoms with E-state index < -0.39 is 18.1 Å². The zero-order valence-corrected chi connectivity index (χ0v) is 8.37. The van der Waals surface area contributed by atoms with Crippen LogP contribution in [0.3, 0.4) is 0 Å². The van der Waals surface area contributed by atoms with Crippen LogP contribution in [0.5, 0.6) is 0 Å². The van der Waals surface area contributed by atoms with Crippen LogP contribution < -0.4 is 11.1 Å². The molecule has 0 spiro atoms. The number of hydrogen-bond acceptors (Lipinski definition) is 3. The van der Waals surface area contributed by atoms with Crippen LogP contribution in [-0.4, -0.2) is 38.3 Å².